The number of piperidine rings is 1. The van der Waals surface area contributed by atoms with Crippen LogP contribution < -0.4 is 0 Å². The molecule has 25 heavy (non-hydrogen) atoms. The number of rotatable bonds is 5. The standard InChI is InChI=1S/C19H25NO5/c1-24-13-19(18(22)23)7-3-8-20(12-19)17(21)15-5-2-4-14(10-15)16-6-9-25-11-16/h2,4-5,10,16H,3,6-9,11-13H2,1H3,(H,22,23). The van der Waals surface area contributed by atoms with Crippen LogP contribution in [0.15, 0.2) is 24.3 Å². The third kappa shape index (κ3) is 3.70. The van der Waals surface area contributed by atoms with Crippen LogP contribution in [0.25, 0.3) is 0 Å². The molecule has 0 aliphatic carbocycles. The van der Waals surface area contributed by atoms with Crippen molar-refractivity contribution in [1.82, 2.24) is 4.90 Å². The van der Waals surface area contributed by atoms with E-state index in [0.29, 0.717) is 37.5 Å². The second kappa shape index (κ2) is 7.54. The first-order valence-electron chi connectivity index (χ1n) is 8.75. The van der Waals surface area contributed by atoms with E-state index in [9.17, 15) is 14.7 Å². The molecule has 2 atom stereocenters. The Morgan fingerprint density at radius 1 is 1.44 bits per heavy atom. The van der Waals surface area contributed by atoms with Crippen molar-refractivity contribution in [2.75, 3.05) is 40.0 Å². The molecule has 136 valence electrons. The zero-order chi connectivity index (χ0) is 17.9. The number of hydrogen-bond acceptors (Lipinski definition) is 4. The van der Waals surface area contributed by atoms with Gasteiger partial charge in [-0.1, -0.05) is 12.1 Å². The summed E-state index contributed by atoms with van der Waals surface area (Å²) in [5, 5.41) is 9.65. The molecule has 0 bridgehead atoms. The molecule has 6 nitrogen and oxygen atoms in total. The summed E-state index contributed by atoms with van der Waals surface area (Å²) in [5.41, 5.74) is 0.712. The molecule has 0 aromatic heterocycles. The molecule has 0 spiro atoms. The van der Waals surface area contributed by atoms with Gasteiger partial charge in [-0.05, 0) is 37.0 Å². The molecule has 6 heteroatoms. The van der Waals surface area contributed by atoms with Gasteiger partial charge >= 0.3 is 5.97 Å². The predicted octanol–water partition coefficient (Wildman–Crippen LogP) is 2.14. The van der Waals surface area contributed by atoms with Gasteiger partial charge in [0.05, 0.1) is 13.2 Å². The summed E-state index contributed by atoms with van der Waals surface area (Å²) in [5.74, 6) is -0.674. The summed E-state index contributed by atoms with van der Waals surface area (Å²) in [6.07, 6.45) is 2.16. The van der Waals surface area contributed by atoms with E-state index in [0.717, 1.165) is 18.6 Å². The molecule has 1 aromatic carbocycles. The summed E-state index contributed by atoms with van der Waals surface area (Å²) in [6, 6.07) is 7.65. The third-order valence-electron chi connectivity index (χ3n) is 5.27. The van der Waals surface area contributed by atoms with Gasteiger partial charge in [0, 0.05) is 38.3 Å². The fourth-order valence-electron chi connectivity index (χ4n) is 3.84. The molecule has 2 saturated heterocycles. The first-order chi connectivity index (χ1) is 12.1. The van der Waals surface area contributed by atoms with E-state index < -0.39 is 11.4 Å². The lowest BCUT2D eigenvalue weighted by Crippen LogP contribution is -2.52. The minimum absolute atomic E-state index is 0.109. The van der Waals surface area contributed by atoms with Crippen molar-refractivity contribution < 1.29 is 24.2 Å². The van der Waals surface area contributed by atoms with Gasteiger partial charge in [-0.15, -0.1) is 0 Å². The van der Waals surface area contributed by atoms with E-state index in [-0.39, 0.29) is 19.1 Å². The van der Waals surface area contributed by atoms with Gasteiger partial charge in [0.15, 0.2) is 0 Å². The van der Waals surface area contributed by atoms with E-state index in [2.05, 4.69) is 0 Å². The van der Waals surface area contributed by atoms with Crippen LogP contribution >= 0.6 is 0 Å². The molecule has 0 saturated carbocycles. The predicted molar refractivity (Wildman–Crippen MR) is 91.7 cm³/mol. The molecule has 2 unspecified atom stereocenters. The van der Waals surface area contributed by atoms with Crippen molar-refractivity contribution >= 4 is 11.9 Å². The second-order valence-electron chi connectivity index (χ2n) is 7.03. The van der Waals surface area contributed by atoms with E-state index in [1.807, 2.05) is 18.2 Å². The Morgan fingerprint density at radius 3 is 2.96 bits per heavy atom. The Labute approximate surface area is 147 Å². The number of nitrogens with zero attached hydrogens (tertiary/aromatic N) is 1. The van der Waals surface area contributed by atoms with Crippen LogP contribution in [0.2, 0.25) is 0 Å². The second-order valence-corrected chi connectivity index (χ2v) is 7.03. The number of hydrogen-bond donors (Lipinski definition) is 1. The van der Waals surface area contributed by atoms with Crippen LogP contribution in [-0.2, 0) is 14.3 Å². The smallest absolute Gasteiger partial charge is 0.313 e. The van der Waals surface area contributed by atoms with Crippen molar-refractivity contribution in [1.29, 1.82) is 0 Å². The molecule has 1 N–H and O–H groups in total. The number of carboxylic acid groups (broad SMARTS) is 1. The maximum Gasteiger partial charge on any atom is 0.313 e. The average Bonchev–Trinajstić information content (AvgIpc) is 3.16. The first-order valence-corrected chi connectivity index (χ1v) is 8.75. The molecular formula is C19H25NO5. The molecule has 1 aromatic rings. The van der Waals surface area contributed by atoms with Crippen LogP contribution in [0, 0.1) is 5.41 Å². The maximum atomic E-state index is 12.9. The van der Waals surface area contributed by atoms with Crippen molar-refractivity contribution in [3.05, 3.63) is 35.4 Å². The average molecular weight is 347 g/mol. The van der Waals surface area contributed by atoms with Crippen LogP contribution in [0.1, 0.15) is 41.1 Å². The van der Waals surface area contributed by atoms with Crippen molar-refractivity contribution in [3.63, 3.8) is 0 Å². The van der Waals surface area contributed by atoms with Gasteiger partial charge in [-0.25, -0.2) is 0 Å². The largest absolute Gasteiger partial charge is 0.481 e. The first kappa shape index (κ1) is 17.9. The molecule has 2 aliphatic heterocycles. The highest BCUT2D eigenvalue weighted by Gasteiger charge is 2.44. The van der Waals surface area contributed by atoms with E-state index in [4.69, 9.17) is 9.47 Å². The van der Waals surface area contributed by atoms with Crippen molar-refractivity contribution in [2.24, 2.45) is 5.41 Å². The fourth-order valence-corrected chi connectivity index (χ4v) is 3.84. The lowest BCUT2D eigenvalue weighted by Gasteiger charge is -2.39. The molecular weight excluding hydrogens is 322 g/mol. The number of amides is 1. The summed E-state index contributed by atoms with van der Waals surface area (Å²) in [4.78, 5) is 26.4. The van der Waals surface area contributed by atoms with Gasteiger partial charge in [0.2, 0.25) is 0 Å². The highest BCUT2D eigenvalue weighted by Crippen LogP contribution is 2.32. The Hall–Kier alpha value is -1.92. The van der Waals surface area contributed by atoms with Gasteiger partial charge in [0.25, 0.3) is 5.91 Å². The van der Waals surface area contributed by atoms with E-state index in [1.54, 1.807) is 11.0 Å². The van der Waals surface area contributed by atoms with Crippen LogP contribution in [0.4, 0.5) is 0 Å². The molecule has 2 fully saturated rings. The van der Waals surface area contributed by atoms with Gasteiger partial charge < -0.3 is 19.5 Å². The zero-order valence-electron chi connectivity index (χ0n) is 14.6. The SMILES string of the molecule is COCC1(C(=O)O)CCCN(C(=O)c2cccc(C3CCOC3)c2)C1. The van der Waals surface area contributed by atoms with Crippen molar-refractivity contribution in [3.8, 4) is 0 Å². The zero-order valence-corrected chi connectivity index (χ0v) is 14.6. The van der Waals surface area contributed by atoms with Gasteiger partial charge in [0.1, 0.15) is 5.41 Å². The molecule has 1 amide bonds. The lowest BCUT2D eigenvalue weighted by molar-refractivity contribution is -0.155. The topological polar surface area (TPSA) is 76.1 Å². The lowest BCUT2D eigenvalue weighted by atomic mass is 9.80. The Kier molecular flexibility index (Phi) is 5.39. The van der Waals surface area contributed by atoms with Gasteiger partial charge in [-0.3, -0.25) is 9.59 Å². The molecule has 0 radical (unpaired) electrons. The number of likely N-dealkylation sites (tertiary alicyclic amines) is 1. The van der Waals surface area contributed by atoms with Crippen molar-refractivity contribution in [2.45, 2.75) is 25.2 Å². The maximum absolute atomic E-state index is 12.9. The van der Waals surface area contributed by atoms with E-state index in [1.165, 1.54) is 7.11 Å². The number of aliphatic carboxylic acids is 1. The number of carbonyl (C=O) groups excluding carboxylic acids is 1. The Balaban J connectivity index is 1.78. The van der Waals surface area contributed by atoms with Crippen LogP contribution in [0.5, 0.6) is 0 Å². The highest BCUT2D eigenvalue weighted by molar-refractivity contribution is 5.95. The normalized spacial score (nSPS) is 26.6. The quantitative estimate of drug-likeness (QED) is 0.883. The summed E-state index contributed by atoms with van der Waals surface area (Å²) in [7, 11) is 1.50. The van der Waals surface area contributed by atoms with E-state index >= 15 is 0 Å². The monoisotopic (exact) mass is 347 g/mol. The summed E-state index contributed by atoms with van der Waals surface area (Å²) >= 11 is 0. The van der Waals surface area contributed by atoms with Crippen LogP contribution in [0.3, 0.4) is 0 Å². The minimum Gasteiger partial charge on any atom is -0.481 e. The summed E-state index contributed by atoms with van der Waals surface area (Å²) in [6.45, 7) is 2.33. The molecule has 2 aliphatic rings. The Morgan fingerprint density at radius 2 is 2.28 bits per heavy atom. The number of ether oxygens (including phenoxy) is 2. The number of carboxylic acids is 1. The third-order valence-corrected chi connectivity index (χ3v) is 5.27. The number of carbonyl (C=O) groups is 2. The number of benzene rings is 1. The Bertz CT molecular complexity index is 636. The van der Waals surface area contributed by atoms with Crippen LogP contribution in [-0.4, -0.2) is 61.9 Å². The fraction of sp³-hybridized carbons (Fsp3) is 0.579. The number of methoxy groups -OCH3 is 1. The molecule has 3 rings (SSSR count). The highest BCUT2D eigenvalue weighted by atomic mass is 16.5. The molecule has 2 heterocycles. The minimum atomic E-state index is -1.01. The summed E-state index contributed by atoms with van der Waals surface area (Å²) < 4.78 is 10.6. The van der Waals surface area contributed by atoms with Gasteiger partial charge in [-0.2, -0.15) is 0 Å².